The van der Waals surface area contributed by atoms with Gasteiger partial charge in [0.25, 0.3) is 0 Å². The van der Waals surface area contributed by atoms with E-state index in [1.165, 1.54) is 37.0 Å². The van der Waals surface area contributed by atoms with Crippen LogP contribution in [-0.4, -0.2) is 23.0 Å². The van der Waals surface area contributed by atoms with Crippen molar-refractivity contribution in [3.63, 3.8) is 0 Å². The molecule has 1 aliphatic rings. The van der Waals surface area contributed by atoms with Crippen LogP contribution in [0.3, 0.4) is 0 Å². The Kier molecular flexibility index (Phi) is 4.99. The van der Waals surface area contributed by atoms with Gasteiger partial charge in [-0.1, -0.05) is 12.8 Å². The van der Waals surface area contributed by atoms with Crippen LogP contribution in [0, 0.1) is 5.92 Å². The first-order valence-electron chi connectivity index (χ1n) is 7.21. The Morgan fingerprint density at radius 2 is 2.20 bits per heavy atom. The molecule has 112 valence electrons. The van der Waals surface area contributed by atoms with Crippen LogP contribution < -0.4 is 16.4 Å². The minimum Gasteiger partial charge on any atom is -0.375 e. The molecule has 0 aromatic carbocycles. The van der Waals surface area contributed by atoms with Gasteiger partial charge in [0, 0.05) is 24.2 Å². The first-order valence-corrected chi connectivity index (χ1v) is 8.02. The molecule has 6 heteroatoms. The zero-order chi connectivity index (χ0) is 14.6. The summed E-state index contributed by atoms with van der Waals surface area (Å²) in [5, 5.41) is 6.90. The molecule has 5 nitrogen and oxygen atoms in total. The minimum atomic E-state index is -0.586. The van der Waals surface area contributed by atoms with Crippen LogP contribution in [0.15, 0.2) is 6.20 Å². The highest BCUT2D eigenvalue weighted by atomic mass is 32.1. The van der Waals surface area contributed by atoms with E-state index < -0.39 is 5.54 Å². The van der Waals surface area contributed by atoms with E-state index in [1.807, 2.05) is 13.8 Å². The number of hydrogen-bond acceptors (Lipinski definition) is 5. The molecule has 1 heterocycles. The lowest BCUT2D eigenvalue weighted by Gasteiger charge is -2.25. The molecule has 1 fully saturated rings. The number of amides is 1. The first-order chi connectivity index (χ1) is 9.47. The van der Waals surface area contributed by atoms with Crippen LogP contribution in [0.5, 0.6) is 0 Å². The summed E-state index contributed by atoms with van der Waals surface area (Å²) < 4.78 is 0. The van der Waals surface area contributed by atoms with Gasteiger partial charge in [0.15, 0.2) is 5.13 Å². The van der Waals surface area contributed by atoms with Crippen molar-refractivity contribution in [3.05, 3.63) is 11.1 Å². The Morgan fingerprint density at radius 1 is 1.50 bits per heavy atom. The van der Waals surface area contributed by atoms with E-state index in [9.17, 15) is 4.79 Å². The van der Waals surface area contributed by atoms with Gasteiger partial charge in [-0.3, -0.25) is 10.1 Å². The lowest BCUT2D eigenvalue weighted by Crippen LogP contribution is -2.52. The average Bonchev–Trinajstić information content (AvgIpc) is 3.05. The van der Waals surface area contributed by atoms with Gasteiger partial charge < -0.3 is 11.1 Å². The van der Waals surface area contributed by atoms with Crippen LogP contribution in [0.25, 0.3) is 0 Å². The zero-order valence-corrected chi connectivity index (χ0v) is 13.1. The standard InChI is InChI=1S/C14H24N4OS/c1-14(2,18-9-11-8-17-13(15)20-11)12(19)16-7-10-5-3-4-6-10/h8,10,18H,3-7,9H2,1-2H3,(H2,15,17)(H,16,19). The molecule has 0 unspecified atom stereocenters. The summed E-state index contributed by atoms with van der Waals surface area (Å²) in [6.45, 7) is 5.22. The van der Waals surface area contributed by atoms with E-state index in [1.54, 1.807) is 6.20 Å². The molecule has 0 saturated heterocycles. The maximum absolute atomic E-state index is 12.2. The summed E-state index contributed by atoms with van der Waals surface area (Å²) >= 11 is 1.45. The highest BCUT2D eigenvalue weighted by Crippen LogP contribution is 2.24. The monoisotopic (exact) mass is 296 g/mol. The molecule has 0 bridgehead atoms. The van der Waals surface area contributed by atoms with E-state index in [-0.39, 0.29) is 5.91 Å². The predicted octanol–water partition coefficient (Wildman–Crippen LogP) is 1.90. The van der Waals surface area contributed by atoms with Crippen LogP contribution in [-0.2, 0) is 11.3 Å². The highest BCUT2D eigenvalue weighted by molar-refractivity contribution is 7.15. The average molecular weight is 296 g/mol. The molecule has 1 aromatic heterocycles. The number of nitrogens with two attached hydrogens (primary N) is 1. The van der Waals surface area contributed by atoms with Crippen molar-refractivity contribution >= 4 is 22.4 Å². The van der Waals surface area contributed by atoms with Gasteiger partial charge in [0.1, 0.15) is 0 Å². The fourth-order valence-corrected chi connectivity index (χ4v) is 3.09. The molecule has 1 aliphatic carbocycles. The lowest BCUT2D eigenvalue weighted by atomic mass is 10.0. The number of carbonyl (C=O) groups excluding carboxylic acids is 1. The number of nitrogens with zero attached hydrogens (tertiary/aromatic N) is 1. The summed E-state index contributed by atoms with van der Waals surface area (Å²) in [4.78, 5) is 17.3. The Labute approximate surface area is 124 Å². The van der Waals surface area contributed by atoms with E-state index in [0.717, 1.165) is 11.4 Å². The van der Waals surface area contributed by atoms with E-state index in [2.05, 4.69) is 15.6 Å². The number of anilines is 1. The number of aromatic nitrogens is 1. The number of nitrogens with one attached hydrogen (secondary N) is 2. The maximum atomic E-state index is 12.2. The second kappa shape index (κ2) is 6.54. The Hall–Kier alpha value is -1.14. The summed E-state index contributed by atoms with van der Waals surface area (Å²) in [6.07, 6.45) is 6.84. The second-order valence-electron chi connectivity index (χ2n) is 6.00. The molecule has 20 heavy (non-hydrogen) atoms. The van der Waals surface area contributed by atoms with Crippen molar-refractivity contribution in [1.82, 2.24) is 15.6 Å². The third kappa shape index (κ3) is 4.18. The SMILES string of the molecule is CC(C)(NCc1cnc(N)s1)C(=O)NCC1CCCC1. The van der Waals surface area contributed by atoms with Crippen molar-refractivity contribution in [2.24, 2.45) is 5.92 Å². The van der Waals surface area contributed by atoms with E-state index >= 15 is 0 Å². The third-order valence-corrected chi connectivity index (χ3v) is 4.70. The van der Waals surface area contributed by atoms with E-state index in [4.69, 9.17) is 5.73 Å². The highest BCUT2D eigenvalue weighted by Gasteiger charge is 2.27. The molecule has 1 amide bonds. The van der Waals surface area contributed by atoms with Gasteiger partial charge in [-0.2, -0.15) is 0 Å². The normalized spacial score (nSPS) is 16.5. The van der Waals surface area contributed by atoms with Gasteiger partial charge in [0.05, 0.1) is 5.54 Å². The van der Waals surface area contributed by atoms with Gasteiger partial charge in [0.2, 0.25) is 5.91 Å². The Bertz CT molecular complexity index is 452. The number of nitrogen functional groups attached to an aromatic ring is 1. The quantitative estimate of drug-likeness (QED) is 0.749. The largest absolute Gasteiger partial charge is 0.375 e. The zero-order valence-electron chi connectivity index (χ0n) is 12.2. The molecule has 4 N–H and O–H groups in total. The Balaban J connectivity index is 1.77. The van der Waals surface area contributed by atoms with Gasteiger partial charge >= 0.3 is 0 Å². The van der Waals surface area contributed by atoms with Crippen LogP contribution in [0.2, 0.25) is 0 Å². The molecule has 0 spiro atoms. The van der Waals surface area contributed by atoms with Gasteiger partial charge in [-0.25, -0.2) is 4.98 Å². The van der Waals surface area contributed by atoms with Gasteiger partial charge in [-0.15, -0.1) is 11.3 Å². The molecule has 0 atom stereocenters. The van der Waals surface area contributed by atoms with Crippen molar-refractivity contribution in [2.45, 2.75) is 51.6 Å². The fourth-order valence-electron chi connectivity index (χ4n) is 2.47. The van der Waals surface area contributed by atoms with Crippen molar-refractivity contribution in [2.75, 3.05) is 12.3 Å². The number of thiazole rings is 1. The molecule has 0 radical (unpaired) electrons. The maximum Gasteiger partial charge on any atom is 0.239 e. The topological polar surface area (TPSA) is 80.0 Å². The number of hydrogen-bond donors (Lipinski definition) is 3. The van der Waals surface area contributed by atoms with Crippen LogP contribution in [0.1, 0.15) is 44.4 Å². The smallest absolute Gasteiger partial charge is 0.239 e. The number of rotatable bonds is 6. The summed E-state index contributed by atoms with van der Waals surface area (Å²) in [6, 6.07) is 0. The summed E-state index contributed by atoms with van der Waals surface area (Å²) in [5.41, 5.74) is 5.01. The molecular formula is C14H24N4OS. The molecule has 0 aliphatic heterocycles. The molecule has 2 rings (SSSR count). The number of carbonyl (C=O) groups is 1. The van der Waals surface area contributed by atoms with E-state index in [0.29, 0.717) is 17.6 Å². The van der Waals surface area contributed by atoms with Crippen LogP contribution >= 0.6 is 11.3 Å². The minimum absolute atomic E-state index is 0.0573. The van der Waals surface area contributed by atoms with Crippen molar-refractivity contribution in [3.8, 4) is 0 Å². The molecule has 1 aromatic rings. The fraction of sp³-hybridized carbons (Fsp3) is 0.714. The van der Waals surface area contributed by atoms with Crippen molar-refractivity contribution < 1.29 is 4.79 Å². The molecule has 1 saturated carbocycles. The second-order valence-corrected chi connectivity index (χ2v) is 7.15. The van der Waals surface area contributed by atoms with Crippen LogP contribution in [0.4, 0.5) is 5.13 Å². The van der Waals surface area contributed by atoms with Crippen molar-refractivity contribution in [1.29, 1.82) is 0 Å². The first kappa shape index (κ1) is 15.3. The summed E-state index contributed by atoms with van der Waals surface area (Å²) in [5.74, 6) is 0.720. The third-order valence-electron chi connectivity index (χ3n) is 3.87. The Morgan fingerprint density at radius 3 is 2.80 bits per heavy atom. The van der Waals surface area contributed by atoms with Gasteiger partial charge in [-0.05, 0) is 32.6 Å². The summed E-state index contributed by atoms with van der Waals surface area (Å²) in [7, 11) is 0. The lowest BCUT2D eigenvalue weighted by molar-refractivity contribution is -0.126. The molecular weight excluding hydrogens is 272 g/mol. The predicted molar refractivity (Wildman–Crippen MR) is 82.4 cm³/mol.